The molecule has 1 N–H and O–H groups in total. The molecule has 8 nitrogen and oxygen atoms in total. The van der Waals surface area contributed by atoms with E-state index in [2.05, 4.69) is 25.6 Å². The van der Waals surface area contributed by atoms with Crippen LogP contribution in [0.25, 0.3) is 11.4 Å². The predicted octanol–water partition coefficient (Wildman–Crippen LogP) is 1.92. The summed E-state index contributed by atoms with van der Waals surface area (Å²) in [4.78, 5) is 18.5. The van der Waals surface area contributed by atoms with Crippen LogP contribution in [0.2, 0.25) is 0 Å². The summed E-state index contributed by atoms with van der Waals surface area (Å²) in [6.07, 6.45) is 2.13. The first-order valence-electron chi connectivity index (χ1n) is 9.41. The average molecular weight is 388 g/mol. The molecule has 0 spiro atoms. The van der Waals surface area contributed by atoms with E-state index in [0.29, 0.717) is 11.9 Å². The van der Waals surface area contributed by atoms with Crippen LogP contribution < -0.4 is 5.32 Å². The Morgan fingerprint density at radius 1 is 1.11 bits per heavy atom. The van der Waals surface area contributed by atoms with Gasteiger partial charge in [0.1, 0.15) is 0 Å². The summed E-state index contributed by atoms with van der Waals surface area (Å²) in [6.45, 7) is 4.02. The number of rotatable bonds is 3. The maximum absolute atomic E-state index is 12.6. The molecule has 0 atom stereocenters. The summed E-state index contributed by atoms with van der Waals surface area (Å²) in [5, 5.41) is 15.0. The van der Waals surface area contributed by atoms with E-state index in [1.54, 1.807) is 7.05 Å². The number of anilines is 1. The van der Waals surface area contributed by atoms with E-state index < -0.39 is 0 Å². The second-order valence-electron chi connectivity index (χ2n) is 6.98. The van der Waals surface area contributed by atoms with Crippen LogP contribution >= 0.6 is 11.8 Å². The van der Waals surface area contributed by atoms with Crippen LogP contribution in [0.3, 0.4) is 0 Å². The standard InChI is InChI=1S/C18H25N7OS/c1-23-21-17(20-22-23)14-2-4-15(5-3-14)19-18(26)25-8-6-16(7-9-25)24-10-12-27-13-11-24/h2-5,16H,6-13H2,1H3,(H,19,26). The molecule has 144 valence electrons. The molecule has 2 fully saturated rings. The first kappa shape index (κ1) is 18.2. The average Bonchev–Trinajstić information content (AvgIpc) is 3.16. The van der Waals surface area contributed by atoms with Gasteiger partial charge in [-0.15, -0.1) is 10.2 Å². The zero-order chi connectivity index (χ0) is 18.6. The van der Waals surface area contributed by atoms with E-state index >= 15 is 0 Å². The van der Waals surface area contributed by atoms with Gasteiger partial charge in [-0.3, -0.25) is 4.90 Å². The lowest BCUT2D eigenvalue weighted by Crippen LogP contribution is -2.49. The Morgan fingerprint density at radius 2 is 1.81 bits per heavy atom. The molecule has 1 aromatic heterocycles. The number of aryl methyl sites for hydroxylation is 1. The fourth-order valence-corrected chi connectivity index (χ4v) is 4.61. The van der Waals surface area contributed by atoms with Crippen molar-refractivity contribution in [1.82, 2.24) is 30.0 Å². The number of aromatic nitrogens is 4. The van der Waals surface area contributed by atoms with E-state index in [4.69, 9.17) is 0 Å². The van der Waals surface area contributed by atoms with Gasteiger partial charge in [0.15, 0.2) is 0 Å². The van der Waals surface area contributed by atoms with Crippen LogP contribution in [0.5, 0.6) is 0 Å². The van der Waals surface area contributed by atoms with Crippen LogP contribution in [-0.2, 0) is 7.05 Å². The fraction of sp³-hybridized carbons (Fsp3) is 0.556. The van der Waals surface area contributed by atoms with Crippen molar-refractivity contribution in [3.63, 3.8) is 0 Å². The lowest BCUT2D eigenvalue weighted by Gasteiger charge is -2.40. The predicted molar refractivity (Wildman–Crippen MR) is 107 cm³/mol. The Hall–Kier alpha value is -2.13. The third-order valence-corrected chi connectivity index (χ3v) is 6.16. The van der Waals surface area contributed by atoms with Crippen LogP contribution in [-0.4, -0.2) is 79.8 Å². The summed E-state index contributed by atoms with van der Waals surface area (Å²) in [6, 6.07) is 8.16. The highest BCUT2D eigenvalue weighted by Crippen LogP contribution is 2.22. The number of piperidine rings is 1. The normalized spacial score (nSPS) is 19.2. The number of amides is 2. The lowest BCUT2D eigenvalue weighted by atomic mass is 10.0. The zero-order valence-corrected chi connectivity index (χ0v) is 16.4. The van der Waals surface area contributed by atoms with Crippen molar-refractivity contribution in [3.8, 4) is 11.4 Å². The van der Waals surface area contributed by atoms with Crippen molar-refractivity contribution in [2.45, 2.75) is 18.9 Å². The second-order valence-corrected chi connectivity index (χ2v) is 8.20. The zero-order valence-electron chi connectivity index (χ0n) is 15.5. The lowest BCUT2D eigenvalue weighted by molar-refractivity contribution is 0.130. The van der Waals surface area contributed by atoms with Gasteiger partial charge in [0.25, 0.3) is 0 Å². The van der Waals surface area contributed by atoms with Gasteiger partial charge in [-0.2, -0.15) is 16.6 Å². The number of tetrazole rings is 1. The number of nitrogens with zero attached hydrogens (tertiary/aromatic N) is 6. The van der Waals surface area contributed by atoms with Crippen LogP contribution in [0.15, 0.2) is 24.3 Å². The van der Waals surface area contributed by atoms with Crippen molar-refractivity contribution in [3.05, 3.63) is 24.3 Å². The van der Waals surface area contributed by atoms with Gasteiger partial charge in [-0.25, -0.2) is 4.79 Å². The largest absolute Gasteiger partial charge is 0.324 e. The molecule has 0 saturated carbocycles. The molecule has 0 unspecified atom stereocenters. The summed E-state index contributed by atoms with van der Waals surface area (Å²) < 4.78 is 0. The maximum atomic E-state index is 12.6. The first-order valence-corrected chi connectivity index (χ1v) is 10.6. The van der Waals surface area contributed by atoms with Crippen LogP contribution in [0.4, 0.5) is 10.5 Å². The third-order valence-electron chi connectivity index (χ3n) is 5.22. The van der Waals surface area contributed by atoms with E-state index in [1.165, 1.54) is 29.4 Å². The molecule has 2 aliphatic heterocycles. The molecule has 2 saturated heterocycles. The Morgan fingerprint density at radius 3 is 2.44 bits per heavy atom. The minimum absolute atomic E-state index is 0.0203. The Kier molecular flexibility index (Phi) is 5.58. The number of hydrogen-bond acceptors (Lipinski definition) is 6. The van der Waals surface area contributed by atoms with Gasteiger partial charge in [0.05, 0.1) is 7.05 Å². The van der Waals surface area contributed by atoms with Gasteiger partial charge < -0.3 is 10.2 Å². The van der Waals surface area contributed by atoms with Crippen molar-refractivity contribution in [2.75, 3.05) is 43.0 Å². The minimum atomic E-state index is -0.0203. The Labute approximate surface area is 163 Å². The number of benzene rings is 1. The van der Waals surface area contributed by atoms with Crippen molar-refractivity contribution >= 4 is 23.5 Å². The molecular weight excluding hydrogens is 362 g/mol. The quantitative estimate of drug-likeness (QED) is 0.867. The monoisotopic (exact) mass is 387 g/mol. The number of carbonyl (C=O) groups is 1. The van der Waals surface area contributed by atoms with Crippen molar-refractivity contribution in [1.29, 1.82) is 0 Å². The van der Waals surface area contributed by atoms with Gasteiger partial charge >= 0.3 is 6.03 Å². The molecular formula is C18H25N7OS. The summed E-state index contributed by atoms with van der Waals surface area (Å²) in [5.41, 5.74) is 1.66. The van der Waals surface area contributed by atoms with Crippen LogP contribution in [0, 0.1) is 0 Å². The number of carbonyl (C=O) groups excluding carboxylic acids is 1. The summed E-state index contributed by atoms with van der Waals surface area (Å²) >= 11 is 2.04. The first-order chi connectivity index (χ1) is 13.2. The molecule has 4 rings (SSSR count). The summed E-state index contributed by atoms with van der Waals surface area (Å²) in [7, 11) is 1.73. The highest BCUT2D eigenvalue weighted by molar-refractivity contribution is 7.99. The third kappa shape index (κ3) is 4.41. The Balaban J connectivity index is 1.29. The highest BCUT2D eigenvalue weighted by Gasteiger charge is 2.27. The smallest absolute Gasteiger partial charge is 0.321 e. The number of hydrogen-bond donors (Lipinski definition) is 1. The topological polar surface area (TPSA) is 79.2 Å². The number of thioether (sulfide) groups is 1. The van der Waals surface area contributed by atoms with Crippen molar-refractivity contribution < 1.29 is 4.79 Å². The van der Waals surface area contributed by atoms with Crippen molar-refractivity contribution in [2.24, 2.45) is 7.05 Å². The molecule has 0 radical (unpaired) electrons. The molecule has 1 aromatic carbocycles. The minimum Gasteiger partial charge on any atom is -0.324 e. The molecule has 9 heteroatoms. The number of nitrogens with one attached hydrogen (secondary N) is 1. The highest BCUT2D eigenvalue weighted by atomic mass is 32.2. The molecule has 27 heavy (non-hydrogen) atoms. The van der Waals surface area contributed by atoms with Crippen LogP contribution in [0.1, 0.15) is 12.8 Å². The van der Waals surface area contributed by atoms with Gasteiger partial charge in [-0.1, -0.05) is 0 Å². The molecule has 0 aliphatic carbocycles. The second kappa shape index (κ2) is 8.26. The molecule has 2 amide bonds. The summed E-state index contributed by atoms with van der Waals surface area (Å²) in [5.74, 6) is 3.05. The maximum Gasteiger partial charge on any atom is 0.321 e. The number of urea groups is 1. The number of likely N-dealkylation sites (tertiary alicyclic amines) is 1. The van der Waals surface area contributed by atoms with E-state index in [-0.39, 0.29) is 6.03 Å². The molecule has 3 heterocycles. The van der Waals surface area contributed by atoms with Gasteiger partial charge in [0, 0.05) is 55.0 Å². The van der Waals surface area contributed by atoms with E-state index in [1.807, 2.05) is 40.9 Å². The van der Waals surface area contributed by atoms with Gasteiger partial charge in [0.2, 0.25) is 5.82 Å². The SMILES string of the molecule is Cn1nnc(-c2ccc(NC(=O)N3CCC(N4CCSCC4)CC3)cc2)n1. The Bertz CT molecular complexity index is 764. The van der Waals surface area contributed by atoms with E-state index in [9.17, 15) is 4.79 Å². The molecule has 2 aliphatic rings. The van der Waals surface area contributed by atoms with E-state index in [0.717, 1.165) is 37.2 Å². The fourth-order valence-electron chi connectivity index (χ4n) is 3.68. The van der Waals surface area contributed by atoms with Gasteiger partial charge in [-0.05, 0) is 42.3 Å². The molecule has 2 aromatic rings. The molecule has 0 bridgehead atoms.